The van der Waals surface area contributed by atoms with Crippen LogP contribution < -0.4 is 5.32 Å². The fourth-order valence-electron chi connectivity index (χ4n) is 2.44. The zero-order valence-electron chi connectivity index (χ0n) is 12.6. The van der Waals surface area contributed by atoms with Crippen LogP contribution in [0.5, 0.6) is 0 Å². The van der Waals surface area contributed by atoms with E-state index in [1.807, 2.05) is 13.8 Å². The van der Waals surface area contributed by atoms with Crippen LogP contribution in [0.15, 0.2) is 4.52 Å². The largest absolute Gasteiger partial charge is 0.338 e. The molecule has 0 aromatic carbocycles. The van der Waals surface area contributed by atoms with Crippen LogP contribution in [0, 0.1) is 6.92 Å². The van der Waals surface area contributed by atoms with E-state index in [1.54, 1.807) is 0 Å². The molecule has 20 heavy (non-hydrogen) atoms. The monoisotopic (exact) mass is 280 g/mol. The minimum atomic E-state index is -0.0311. The summed E-state index contributed by atoms with van der Waals surface area (Å²) in [7, 11) is 2.12. The summed E-state index contributed by atoms with van der Waals surface area (Å²) in [6, 6.07) is 0. The molecule has 6 nitrogen and oxygen atoms in total. The molecule has 0 atom stereocenters. The number of anilines is 1. The molecule has 112 valence electrons. The van der Waals surface area contributed by atoms with Gasteiger partial charge in [0.2, 0.25) is 11.8 Å². The summed E-state index contributed by atoms with van der Waals surface area (Å²) in [5, 5.41) is 6.77. The first-order chi connectivity index (χ1) is 9.60. The van der Waals surface area contributed by atoms with Crippen molar-refractivity contribution >= 4 is 11.8 Å². The normalized spacial score (nSPS) is 17.9. The van der Waals surface area contributed by atoms with Gasteiger partial charge in [-0.05, 0) is 39.9 Å². The van der Waals surface area contributed by atoms with Crippen molar-refractivity contribution in [3.63, 3.8) is 0 Å². The van der Waals surface area contributed by atoms with E-state index >= 15 is 0 Å². The Morgan fingerprint density at radius 3 is 2.85 bits per heavy atom. The lowest BCUT2D eigenvalue weighted by molar-refractivity contribution is -0.117. The number of carbonyl (C=O) groups excluding carboxylic acids is 1. The molecule has 0 aliphatic carbocycles. The van der Waals surface area contributed by atoms with Gasteiger partial charge >= 0.3 is 0 Å². The quantitative estimate of drug-likeness (QED) is 0.895. The molecule has 0 unspecified atom stereocenters. The number of aromatic nitrogens is 1. The maximum atomic E-state index is 12.1. The van der Waals surface area contributed by atoms with Gasteiger partial charge in [-0.15, -0.1) is 0 Å². The molecule has 1 aromatic rings. The van der Waals surface area contributed by atoms with E-state index in [4.69, 9.17) is 4.52 Å². The van der Waals surface area contributed by atoms with Gasteiger partial charge in [0.1, 0.15) is 0 Å². The van der Waals surface area contributed by atoms with Crippen LogP contribution in [0.1, 0.15) is 24.6 Å². The minimum absolute atomic E-state index is 0.0311. The Morgan fingerprint density at radius 2 is 2.15 bits per heavy atom. The van der Waals surface area contributed by atoms with Crippen molar-refractivity contribution in [1.29, 1.82) is 0 Å². The summed E-state index contributed by atoms with van der Waals surface area (Å²) in [6.45, 7) is 8.35. The summed E-state index contributed by atoms with van der Waals surface area (Å²) in [4.78, 5) is 16.6. The van der Waals surface area contributed by atoms with Crippen molar-refractivity contribution in [2.75, 3.05) is 45.1 Å². The van der Waals surface area contributed by atoms with E-state index in [0.29, 0.717) is 12.4 Å². The average Bonchev–Trinajstić information content (AvgIpc) is 2.63. The molecule has 0 saturated carbocycles. The predicted molar refractivity (Wildman–Crippen MR) is 77.8 cm³/mol. The lowest BCUT2D eigenvalue weighted by atomic mass is 10.2. The standard InChI is InChI=1S/C14H24N4O2/c1-4-12-11(2)14(20-16-12)15-13(19)10-18-7-5-6-17(3)8-9-18/h4-10H2,1-3H3,(H,15,19). The van der Waals surface area contributed by atoms with Gasteiger partial charge in [-0.25, -0.2) is 0 Å². The third-order valence-corrected chi connectivity index (χ3v) is 3.79. The summed E-state index contributed by atoms with van der Waals surface area (Å²) in [5.41, 5.74) is 1.83. The van der Waals surface area contributed by atoms with E-state index in [1.165, 1.54) is 0 Å². The highest BCUT2D eigenvalue weighted by Gasteiger charge is 2.17. The van der Waals surface area contributed by atoms with E-state index in [-0.39, 0.29) is 5.91 Å². The molecule has 2 rings (SSSR count). The number of amides is 1. The van der Waals surface area contributed by atoms with Crippen LogP contribution in [-0.4, -0.2) is 60.6 Å². The predicted octanol–water partition coefficient (Wildman–Crippen LogP) is 1.12. The molecule has 1 fully saturated rings. The summed E-state index contributed by atoms with van der Waals surface area (Å²) >= 11 is 0. The highest BCUT2D eigenvalue weighted by Crippen LogP contribution is 2.18. The number of aryl methyl sites for hydroxylation is 1. The number of carbonyl (C=O) groups is 1. The van der Waals surface area contributed by atoms with Crippen LogP contribution in [-0.2, 0) is 11.2 Å². The molecule has 1 aliphatic heterocycles. The lowest BCUT2D eigenvalue weighted by Crippen LogP contribution is -2.35. The van der Waals surface area contributed by atoms with Crippen molar-refractivity contribution in [2.45, 2.75) is 26.7 Å². The SMILES string of the molecule is CCc1noc(NC(=O)CN2CCCN(C)CC2)c1C. The summed E-state index contributed by atoms with van der Waals surface area (Å²) < 4.78 is 5.18. The maximum Gasteiger partial charge on any atom is 0.240 e. The van der Waals surface area contributed by atoms with Gasteiger partial charge in [-0.3, -0.25) is 15.0 Å². The minimum Gasteiger partial charge on any atom is -0.338 e. The molecule has 1 saturated heterocycles. The molecule has 0 bridgehead atoms. The lowest BCUT2D eigenvalue weighted by Gasteiger charge is -2.18. The van der Waals surface area contributed by atoms with Crippen LogP contribution in [0.3, 0.4) is 0 Å². The third kappa shape index (κ3) is 3.80. The first-order valence-corrected chi connectivity index (χ1v) is 7.26. The first-order valence-electron chi connectivity index (χ1n) is 7.26. The van der Waals surface area contributed by atoms with Crippen LogP contribution in [0.2, 0.25) is 0 Å². The van der Waals surface area contributed by atoms with Gasteiger partial charge in [0, 0.05) is 18.7 Å². The van der Waals surface area contributed by atoms with Crippen molar-refractivity contribution in [3.05, 3.63) is 11.3 Å². The summed E-state index contributed by atoms with van der Waals surface area (Å²) in [6.07, 6.45) is 1.91. The Bertz CT molecular complexity index is 458. The number of rotatable bonds is 4. The van der Waals surface area contributed by atoms with E-state index in [2.05, 4.69) is 27.3 Å². The van der Waals surface area contributed by atoms with E-state index in [9.17, 15) is 4.79 Å². The van der Waals surface area contributed by atoms with Gasteiger partial charge in [0.05, 0.1) is 12.2 Å². The molecular weight excluding hydrogens is 256 g/mol. The molecule has 0 spiro atoms. The Morgan fingerprint density at radius 1 is 1.35 bits per heavy atom. The van der Waals surface area contributed by atoms with Gasteiger partial charge in [0.15, 0.2) is 0 Å². The summed E-state index contributed by atoms with van der Waals surface area (Å²) in [5.74, 6) is 0.454. The second kappa shape index (κ2) is 6.85. The number of nitrogens with one attached hydrogen (secondary N) is 1. The Hall–Kier alpha value is -1.40. The molecule has 1 aromatic heterocycles. The van der Waals surface area contributed by atoms with Crippen LogP contribution in [0.25, 0.3) is 0 Å². The van der Waals surface area contributed by atoms with Crippen molar-refractivity contribution in [1.82, 2.24) is 15.0 Å². The highest BCUT2D eigenvalue weighted by molar-refractivity contribution is 5.91. The molecule has 0 radical (unpaired) electrons. The smallest absolute Gasteiger partial charge is 0.240 e. The van der Waals surface area contributed by atoms with Crippen molar-refractivity contribution < 1.29 is 9.32 Å². The number of hydrogen-bond acceptors (Lipinski definition) is 5. The van der Waals surface area contributed by atoms with E-state index < -0.39 is 0 Å². The average molecular weight is 280 g/mol. The second-order valence-corrected chi connectivity index (χ2v) is 5.42. The molecule has 1 amide bonds. The number of hydrogen-bond donors (Lipinski definition) is 1. The van der Waals surface area contributed by atoms with Crippen molar-refractivity contribution in [2.24, 2.45) is 0 Å². The third-order valence-electron chi connectivity index (χ3n) is 3.79. The van der Waals surface area contributed by atoms with Gasteiger partial charge in [-0.2, -0.15) is 0 Å². The number of nitrogens with zero attached hydrogens (tertiary/aromatic N) is 3. The van der Waals surface area contributed by atoms with Crippen molar-refractivity contribution in [3.8, 4) is 0 Å². The fourth-order valence-corrected chi connectivity index (χ4v) is 2.44. The molecule has 2 heterocycles. The Labute approximate surface area is 120 Å². The maximum absolute atomic E-state index is 12.1. The zero-order valence-corrected chi connectivity index (χ0v) is 12.6. The zero-order chi connectivity index (χ0) is 14.5. The molecule has 1 N–H and O–H groups in total. The van der Waals surface area contributed by atoms with E-state index in [0.717, 1.165) is 50.3 Å². The van der Waals surface area contributed by atoms with Gasteiger partial charge in [-0.1, -0.05) is 12.1 Å². The van der Waals surface area contributed by atoms with Gasteiger partial charge in [0.25, 0.3) is 0 Å². The molecule has 1 aliphatic rings. The topological polar surface area (TPSA) is 61.6 Å². The molecule has 6 heteroatoms. The first kappa shape index (κ1) is 15.0. The molecular formula is C14H24N4O2. The second-order valence-electron chi connectivity index (χ2n) is 5.42. The van der Waals surface area contributed by atoms with Crippen LogP contribution >= 0.6 is 0 Å². The van der Waals surface area contributed by atoms with Crippen LogP contribution in [0.4, 0.5) is 5.88 Å². The van der Waals surface area contributed by atoms with Gasteiger partial charge < -0.3 is 9.42 Å². The number of likely N-dealkylation sites (N-methyl/N-ethyl adjacent to an activating group) is 1. The highest BCUT2D eigenvalue weighted by atomic mass is 16.5. The fraction of sp³-hybridized carbons (Fsp3) is 0.714. The Balaban J connectivity index is 1.87. The Kier molecular flexibility index (Phi) is 5.14.